The average Bonchev–Trinajstić information content (AvgIpc) is 2.89. The molecule has 1 aromatic carbocycles. The van der Waals surface area contributed by atoms with Gasteiger partial charge in [-0.3, -0.25) is 4.79 Å². The van der Waals surface area contributed by atoms with Gasteiger partial charge < -0.3 is 15.0 Å². The van der Waals surface area contributed by atoms with E-state index >= 15 is 0 Å². The third-order valence-corrected chi connectivity index (χ3v) is 3.69. The number of amides is 1. The Morgan fingerprint density at radius 3 is 3.00 bits per heavy atom. The van der Waals surface area contributed by atoms with Crippen LogP contribution >= 0.6 is 0 Å². The summed E-state index contributed by atoms with van der Waals surface area (Å²) >= 11 is 0. The van der Waals surface area contributed by atoms with E-state index in [4.69, 9.17) is 4.74 Å². The van der Waals surface area contributed by atoms with Gasteiger partial charge in [0.25, 0.3) is 0 Å². The van der Waals surface area contributed by atoms with Gasteiger partial charge in [-0.25, -0.2) is 0 Å². The quantitative estimate of drug-likeness (QED) is 0.800. The van der Waals surface area contributed by atoms with Crippen LogP contribution in [0.1, 0.15) is 38.7 Å². The second kappa shape index (κ2) is 8.03. The highest BCUT2D eigenvalue weighted by Crippen LogP contribution is 2.14. The molecule has 1 unspecified atom stereocenters. The predicted octanol–water partition coefficient (Wildman–Crippen LogP) is 2.58. The van der Waals surface area contributed by atoms with E-state index in [-0.39, 0.29) is 0 Å². The van der Waals surface area contributed by atoms with E-state index in [2.05, 4.69) is 31.3 Å². The maximum Gasteiger partial charge on any atom is 0.222 e. The van der Waals surface area contributed by atoms with Gasteiger partial charge in [-0.1, -0.05) is 19.1 Å². The molecule has 1 heterocycles. The number of likely N-dealkylation sites (tertiary alicyclic amines) is 1. The van der Waals surface area contributed by atoms with Crippen LogP contribution in [0.2, 0.25) is 0 Å². The van der Waals surface area contributed by atoms with Gasteiger partial charge in [0.1, 0.15) is 5.75 Å². The number of carbonyl (C=O) groups is 1. The molecule has 2 rings (SSSR count). The van der Waals surface area contributed by atoms with Crippen LogP contribution in [0.5, 0.6) is 5.75 Å². The molecule has 4 heteroatoms. The summed E-state index contributed by atoms with van der Waals surface area (Å²) in [5.74, 6) is 1.22. The summed E-state index contributed by atoms with van der Waals surface area (Å²) in [6.45, 7) is 7.49. The third kappa shape index (κ3) is 5.05. The normalized spacial score (nSPS) is 16.3. The molecule has 0 saturated carbocycles. The molecule has 1 saturated heterocycles. The van der Waals surface area contributed by atoms with E-state index in [1.54, 1.807) is 0 Å². The van der Waals surface area contributed by atoms with Gasteiger partial charge in [0.2, 0.25) is 5.91 Å². The number of rotatable bonds is 8. The largest absolute Gasteiger partial charge is 0.494 e. The molecular formula is C17H26N2O2. The highest BCUT2D eigenvalue weighted by atomic mass is 16.5. The molecule has 116 valence electrons. The summed E-state index contributed by atoms with van der Waals surface area (Å²) in [7, 11) is 0. The summed E-state index contributed by atoms with van der Waals surface area (Å²) < 4.78 is 5.64. The molecule has 0 aromatic heterocycles. The minimum absolute atomic E-state index is 0.290. The fourth-order valence-electron chi connectivity index (χ4n) is 2.55. The van der Waals surface area contributed by atoms with Gasteiger partial charge >= 0.3 is 0 Å². The Morgan fingerprint density at radius 2 is 2.29 bits per heavy atom. The third-order valence-electron chi connectivity index (χ3n) is 3.69. The van der Waals surface area contributed by atoms with Crippen LogP contribution in [0.3, 0.4) is 0 Å². The fourth-order valence-corrected chi connectivity index (χ4v) is 2.55. The zero-order valence-corrected chi connectivity index (χ0v) is 13.1. The van der Waals surface area contributed by atoms with E-state index < -0.39 is 0 Å². The first-order chi connectivity index (χ1) is 10.2. The van der Waals surface area contributed by atoms with Crippen molar-refractivity contribution in [2.24, 2.45) is 0 Å². The molecule has 1 aliphatic rings. The van der Waals surface area contributed by atoms with Crippen molar-refractivity contribution in [3.05, 3.63) is 29.8 Å². The Balaban J connectivity index is 1.77. The van der Waals surface area contributed by atoms with Crippen LogP contribution in [0, 0.1) is 0 Å². The monoisotopic (exact) mass is 290 g/mol. The first-order valence-electron chi connectivity index (χ1n) is 7.92. The molecule has 4 nitrogen and oxygen atoms in total. The van der Waals surface area contributed by atoms with Crippen molar-refractivity contribution in [1.29, 1.82) is 0 Å². The minimum Gasteiger partial charge on any atom is -0.494 e. The first-order valence-corrected chi connectivity index (χ1v) is 7.92. The minimum atomic E-state index is 0.290. The SMILES string of the molecule is CCCOc1cccc(CNC(C)CN2CCCC2=O)c1. The van der Waals surface area contributed by atoms with E-state index in [1.165, 1.54) is 5.56 Å². The summed E-state index contributed by atoms with van der Waals surface area (Å²) in [6, 6.07) is 8.49. The molecule has 1 atom stereocenters. The molecule has 1 amide bonds. The molecule has 1 N–H and O–H groups in total. The van der Waals surface area contributed by atoms with E-state index in [0.29, 0.717) is 18.4 Å². The van der Waals surface area contributed by atoms with Gasteiger partial charge in [-0.15, -0.1) is 0 Å². The zero-order chi connectivity index (χ0) is 15.1. The molecule has 1 aliphatic heterocycles. The van der Waals surface area contributed by atoms with Gasteiger partial charge in [-0.05, 0) is 37.5 Å². The second-order valence-electron chi connectivity index (χ2n) is 5.72. The lowest BCUT2D eigenvalue weighted by Gasteiger charge is -2.21. The number of hydrogen-bond acceptors (Lipinski definition) is 3. The number of ether oxygens (including phenoxy) is 1. The summed E-state index contributed by atoms with van der Waals surface area (Å²) in [4.78, 5) is 13.6. The van der Waals surface area contributed by atoms with Crippen LogP contribution in [0.25, 0.3) is 0 Å². The number of carbonyl (C=O) groups excluding carboxylic acids is 1. The molecule has 0 bridgehead atoms. The smallest absolute Gasteiger partial charge is 0.222 e. The fraction of sp³-hybridized carbons (Fsp3) is 0.588. The highest BCUT2D eigenvalue weighted by Gasteiger charge is 2.21. The standard InChI is InChI=1S/C17H26N2O2/c1-3-10-21-16-7-4-6-15(11-16)12-18-14(2)13-19-9-5-8-17(19)20/h4,6-7,11,14,18H,3,5,8-10,12-13H2,1-2H3. The van der Waals surface area contributed by atoms with Crippen LogP contribution in [-0.4, -0.2) is 36.5 Å². The topological polar surface area (TPSA) is 41.6 Å². The van der Waals surface area contributed by atoms with Gasteiger partial charge in [0.15, 0.2) is 0 Å². The summed E-state index contributed by atoms with van der Waals surface area (Å²) in [5.41, 5.74) is 1.21. The first kappa shape index (κ1) is 15.8. The predicted molar refractivity (Wildman–Crippen MR) is 84.3 cm³/mol. The van der Waals surface area contributed by atoms with Crippen LogP contribution < -0.4 is 10.1 Å². The molecule has 21 heavy (non-hydrogen) atoms. The lowest BCUT2D eigenvalue weighted by molar-refractivity contribution is -0.127. The molecule has 1 fully saturated rings. The Labute approximate surface area is 127 Å². The Bertz CT molecular complexity index is 462. The molecule has 0 spiro atoms. The molecule has 1 aromatic rings. The number of nitrogens with zero attached hydrogens (tertiary/aromatic N) is 1. The Hall–Kier alpha value is -1.55. The zero-order valence-electron chi connectivity index (χ0n) is 13.1. The Morgan fingerprint density at radius 1 is 1.43 bits per heavy atom. The maximum absolute atomic E-state index is 11.6. The number of benzene rings is 1. The van der Waals surface area contributed by atoms with E-state index in [0.717, 1.165) is 44.8 Å². The van der Waals surface area contributed by atoms with Crippen molar-refractivity contribution in [1.82, 2.24) is 10.2 Å². The van der Waals surface area contributed by atoms with Crippen molar-refractivity contribution < 1.29 is 9.53 Å². The average molecular weight is 290 g/mol. The lowest BCUT2D eigenvalue weighted by Crippen LogP contribution is -2.39. The summed E-state index contributed by atoms with van der Waals surface area (Å²) in [6.07, 6.45) is 2.73. The molecule has 0 radical (unpaired) electrons. The van der Waals surface area contributed by atoms with Gasteiger partial charge in [0, 0.05) is 32.1 Å². The second-order valence-corrected chi connectivity index (χ2v) is 5.72. The lowest BCUT2D eigenvalue weighted by atomic mass is 10.2. The van der Waals surface area contributed by atoms with Crippen molar-refractivity contribution >= 4 is 5.91 Å². The Kier molecular flexibility index (Phi) is 6.05. The van der Waals surface area contributed by atoms with E-state index in [9.17, 15) is 4.79 Å². The maximum atomic E-state index is 11.6. The molecular weight excluding hydrogens is 264 g/mol. The molecule has 0 aliphatic carbocycles. The summed E-state index contributed by atoms with van der Waals surface area (Å²) in [5, 5.41) is 3.48. The van der Waals surface area contributed by atoms with Crippen molar-refractivity contribution in [3.63, 3.8) is 0 Å². The van der Waals surface area contributed by atoms with Crippen LogP contribution in [0.4, 0.5) is 0 Å². The number of hydrogen-bond donors (Lipinski definition) is 1. The van der Waals surface area contributed by atoms with Gasteiger partial charge in [-0.2, -0.15) is 0 Å². The van der Waals surface area contributed by atoms with Gasteiger partial charge in [0.05, 0.1) is 6.61 Å². The van der Waals surface area contributed by atoms with Crippen molar-refractivity contribution in [3.8, 4) is 5.75 Å². The van der Waals surface area contributed by atoms with E-state index in [1.807, 2.05) is 17.0 Å². The van der Waals surface area contributed by atoms with Crippen molar-refractivity contribution in [2.45, 2.75) is 45.7 Å². The van der Waals surface area contributed by atoms with Crippen molar-refractivity contribution in [2.75, 3.05) is 19.7 Å². The van der Waals surface area contributed by atoms with Crippen LogP contribution in [0.15, 0.2) is 24.3 Å². The number of nitrogens with one attached hydrogen (secondary N) is 1. The van der Waals surface area contributed by atoms with Crippen LogP contribution in [-0.2, 0) is 11.3 Å². The highest BCUT2D eigenvalue weighted by molar-refractivity contribution is 5.78.